The minimum Gasteiger partial charge on any atom is -0.369 e. The fourth-order valence-corrected chi connectivity index (χ4v) is 8.94. The van der Waals surface area contributed by atoms with Gasteiger partial charge in [-0.05, 0) is 139 Å². The van der Waals surface area contributed by atoms with Crippen molar-refractivity contribution in [3.63, 3.8) is 0 Å². The van der Waals surface area contributed by atoms with Gasteiger partial charge in [0.05, 0.1) is 12.1 Å². The normalized spacial score (nSPS) is 25.0. The summed E-state index contributed by atoms with van der Waals surface area (Å²) in [5.41, 5.74) is 13.2. The van der Waals surface area contributed by atoms with E-state index in [4.69, 9.17) is 5.73 Å². The maximum atomic E-state index is 13.5. The van der Waals surface area contributed by atoms with Crippen LogP contribution in [-0.4, -0.2) is 66.5 Å². The second-order valence-corrected chi connectivity index (χ2v) is 18.7. The first-order chi connectivity index (χ1) is 28.3. The number of piperidine rings is 2. The molecule has 4 aliphatic rings. The number of Topliss-reactive ketones (excluding diaryl/α,β-unsaturated/α-hetero) is 2. The molecule has 8 nitrogen and oxygen atoms in total. The topological polar surface area (TPSA) is 122 Å². The molecule has 324 valence electrons. The predicted octanol–water partition coefficient (Wildman–Crippen LogP) is 9.23. The smallest absolute Gasteiger partial charge is 0.223 e. The highest BCUT2D eigenvalue weighted by molar-refractivity contribution is 6.03. The molecule has 2 atom stereocenters. The van der Waals surface area contributed by atoms with Gasteiger partial charge in [-0.15, -0.1) is 0 Å². The SMILES string of the molecule is CC(C=CC=C(C)C=CC1=C(C)C(=O)C(NC(=O)C2CCNCC2)CC1(C)C)=CC=CC=C(C)C=CC=C(C)C=CC1=C(C)C(=O)C(N2CCC(C(N)=O)CC2)CC1(C)C. The zero-order valence-electron chi connectivity index (χ0n) is 38.1. The van der Waals surface area contributed by atoms with E-state index >= 15 is 0 Å². The molecule has 0 aromatic heterocycles. The van der Waals surface area contributed by atoms with E-state index in [1.54, 1.807) is 0 Å². The number of carbonyl (C=O) groups excluding carboxylic acids is 4. The molecule has 2 aliphatic heterocycles. The van der Waals surface area contributed by atoms with Gasteiger partial charge in [-0.1, -0.05) is 135 Å². The standard InChI is InChI=1S/C52H72N4O4/c1-35(17-13-19-37(3)21-23-43-39(5)47(57)45(33-51(43,7)8)55-50(60)42-25-29-54-30-26-42)15-11-12-16-36(2)18-14-20-38(4)22-24-44-40(6)48(58)46(34-52(44,9)10)56-31-27-41(28-32-56)49(53)59/h11-24,41-42,45-46,54H,25-34H2,1-10H3,(H2,53,59)(H,55,60). The van der Waals surface area contributed by atoms with Crippen molar-refractivity contribution in [2.75, 3.05) is 26.2 Å². The number of hydrogen-bond donors (Lipinski definition) is 3. The molecule has 0 spiro atoms. The first-order valence-electron chi connectivity index (χ1n) is 21.9. The molecule has 2 amide bonds. The van der Waals surface area contributed by atoms with Crippen molar-refractivity contribution in [1.82, 2.24) is 15.5 Å². The Kier molecular flexibility index (Phi) is 17.4. The molecule has 0 bridgehead atoms. The molecule has 0 aromatic carbocycles. The van der Waals surface area contributed by atoms with Crippen LogP contribution in [0.2, 0.25) is 0 Å². The van der Waals surface area contributed by atoms with Gasteiger partial charge in [-0.2, -0.15) is 0 Å². The van der Waals surface area contributed by atoms with Crippen molar-refractivity contribution in [2.24, 2.45) is 28.4 Å². The molecule has 2 fully saturated rings. The number of nitrogens with one attached hydrogen (secondary N) is 2. The molecule has 60 heavy (non-hydrogen) atoms. The van der Waals surface area contributed by atoms with E-state index in [1.165, 1.54) is 0 Å². The Bertz CT molecular complexity index is 1970. The number of nitrogens with two attached hydrogens (primary N) is 1. The summed E-state index contributed by atoms with van der Waals surface area (Å²) in [5.74, 6) is -0.123. The molecular formula is C52H72N4O4. The van der Waals surface area contributed by atoms with Crippen LogP contribution in [-0.2, 0) is 19.2 Å². The summed E-state index contributed by atoms with van der Waals surface area (Å²) < 4.78 is 0. The first kappa shape index (κ1) is 48.0. The van der Waals surface area contributed by atoms with Crippen LogP contribution in [0.5, 0.6) is 0 Å². The molecule has 4 rings (SSSR count). The summed E-state index contributed by atoms with van der Waals surface area (Å²) in [4.78, 5) is 53.6. The number of hydrogen-bond acceptors (Lipinski definition) is 6. The highest BCUT2D eigenvalue weighted by Crippen LogP contribution is 2.42. The number of ketones is 2. The average molecular weight is 817 g/mol. The number of likely N-dealkylation sites (tertiary alicyclic amines) is 1. The third-order valence-corrected chi connectivity index (χ3v) is 12.7. The highest BCUT2D eigenvalue weighted by atomic mass is 16.2. The molecule has 0 aromatic rings. The van der Waals surface area contributed by atoms with Crippen molar-refractivity contribution in [1.29, 1.82) is 0 Å². The lowest BCUT2D eigenvalue weighted by atomic mass is 9.69. The number of rotatable bonds is 14. The zero-order valence-corrected chi connectivity index (χ0v) is 38.1. The van der Waals surface area contributed by atoms with Gasteiger partial charge in [0.15, 0.2) is 11.6 Å². The summed E-state index contributed by atoms with van der Waals surface area (Å²) in [6.07, 6.45) is 33.4. The molecular weight excluding hydrogens is 745 g/mol. The lowest BCUT2D eigenvalue weighted by Crippen LogP contribution is -2.51. The minimum atomic E-state index is -0.473. The molecule has 4 N–H and O–H groups in total. The number of nitrogens with zero attached hydrogens (tertiary/aromatic N) is 1. The molecule has 0 radical (unpaired) electrons. The average Bonchev–Trinajstić information content (AvgIpc) is 3.20. The third-order valence-electron chi connectivity index (χ3n) is 12.7. The van der Waals surface area contributed by atoms with Crippen LogP contribution in [0.25, 0.3) is 0 Å². The molecule has 2 aliphatic carbocycles. The van der Waals surface area contributed by atoms with Crippen LogP contribution in [0.3, 0.4) is 0 Å². The maximum Gasteiger partial charge on any atom is 0.223 e. The number of amides is 2. The molecule has 2 unspecified atom stereocenters. The Morgan fingerprint density at radius 2 is 1.10 bits per heavy atom. The van der Waals surface area contributed by atoms with Gasteiger partial charge in [0, 0.05) is 11.8 Å². The van der Waals surface area contributed by atoms with Gasteiger partial charge in [-0.3, -0.25) is 24.1 Å². The fourth-order valence-electron chi connectivity index (χ4n) is 8.94. The molecule has 8 heteroatoms. The van der Waals surface area contributed by atoms with Crippen LogP contribution in [0.4, 0.5) is 0 Å². The second kappa shape index (κ2) is 21.7. The van der Waals surface area contributed by atoms with Crippen molar-refractivity contribution in [3.8, 4) is 0 Å². The molecule has 2 saturated heterocycles. The van der Waals surface area contributed by atoms with Crippen LogP contribution >= 0.6 is 0 Å². The second-order valence-electron chi connectivity index (χ2n) is 18.7. The van der Waals surface area contributed by atoms with E-state index in [9.17, 15) is 19.2 Å². The van der Waals surface area contributed by atoms with E-state index in [1.807, 2.05) is 32.1 Å². The van der Waals surface area contributed by atoms with E-state index in [0.29, 0.717) is 6.42 Å². The summed E-state index contributed by atoms with van der Waals surface area (Å²) in [5, 5.41) is 6.37. The van der Waals surface area contributed by atoms with Gasteiger partial charge in [0.1, 0.15) is 0 Å². The maximum absolute atomic E-state index is 13.5. The summed E-state index contributed by atoms with van der Waals surface area (Å²) in [6, 6.07) is -0.621. The quantitative estimate of drug-likeness (QED) is 0.150. The van der Waals surface area contributed by atoms with Gasteiger partial charge in [0.25, 0.3) is 0 Å². The summed E-state index contributed by atoms with van der Waals surface area (Å²) in [6.45, 7) is 24.0. The Morgan fingerprint density at radius 1 is 0.650 bits per heavy atom. The van der Waals surface area contributed by atoms with Crippen LogP contribution in [0.15, 0.2) is 130 Å². The lowest BCUT2D eigenvalue weighted by molar-refractivity contribution is -0.130. The van der Waals surface area contributed by atoms with Gasteiger partial charge < -0.3 is 16.4 Å². The van der Waals surface area contributed by atoms with Crippen molar-refractivity contribution < 1.29 is 19.2 Å². The number of primary amides is 1. The van der Waals surface area contributed by atoms with Crippen LogP contribution < -0.4 is 16.4 Å². The van der Waals surface area contributed by atoms with Crippen molar-refractivity contribution >= 4 is 23.4 Å². The third kappa shape index (κ3) is 13.4. The summed E-state index contributed by atoms with van der Waals surface area (Å²) >= 11 is 0. The van der Waals surface area contributed by atoms with Crippen molar-refractivity contribution in [3.05, 3.63) is 130 Å². The first-order valence-corrected chi connectivity index (χ1v) is 21.9. The lowest BCUT2D eigenvalue weighted by Gasteiger charge is -2.43. The van der Waals surface area contributed by atoms with Gasteiger partial charge in [0.2, 0.25) is 11.8 Å². The van der Waals surface area contributed by atoms with E-state index in [0.717, 1.165) is 103 Å². The zero-order chi connectivity index (χ0) is 44.2. The van der Waals surface area contributed by atoms with Crippen molar-refractivity contribution in [2.45, 2.75) is 120 Å². The molecule has 0 saturated carbocycles. The van der Waals surface area contributed by atoms with Gasteiger partial charge >= 0.3 is 0 Å². The molecule has 2 heterocycles. The predicted molar refractivity (Wildman–Crippen MR) is 248 cm³/mol. The Balaban J connectivity index is 1.27. The van der Waals surface area contributed by atoms with Crippen LogP contribution in [0, 0.1) is 22.7 Å². The van der Waals surface area contributed by atoms with Crippen LogP contribution in [0.1, 0.15) is 108 Å². The Labute approximate surface area is 361 Å². The monoisotopic (exact) mass is 817 g/mol. The Morgan fingerprint density at radius 3 is 1.60 bits per heavy atom. The minimum absolute atomic E-state index is 0.00663. The highest BCUT2D eigenvalue weighted by Gasteiger charge is 2.42. The number of allylic oxidation sites excluding steroid dienone is 20. The van der Waals surface area contributed by atoms with Gasteiger partial charge in [-0.25, -0.2) is 0 Å². The largest absolute Gasteiger partial charge is 0.369 e. The number of carbonyl (C=O) groups is 4. The van der Waals surface area contributed by atoms with E-state index in [-0.39, 0.29) is 52.1 Å². The van der Waals surface area contributed by atoms with E-state index in [2.05, 4.69) is 138 Å². The fraction of sp³-hybridized carbons (Fsp3) is 0.500. The van der Waals surface area contributed by atoms with E-state index < -0.39 is 6.04 Å². The summed E-state index contributed by atoms with van der Waals surface area (Å²) in [7, 11) is 0. The Hall–Kier alpha value is -4.66.